The topological polar surface area (TPSA) is 39.7 Å². The van der Waals surface area contributed by atoms with Crippen LogP contribution in [0.25, 0.3) is 16.7 Å². The van der Waals surface area contributed by atoms with Gasteiger partial charge in [0.25, 0.3) is 0 Å². The van der Waals surface area contributed by atoms with Crippen LogP contribution in [0.5, 0.6) is 0 Å². The summed E-state index contributed by atoms with van der Waals surface area (Å²) in [6.07, 6.45) is 3.27. The van der Waals surface area contributed by atoms with Crippen LogP contribution in [0.2, 0.25) is 0 Å². The molecule has 164 valence electrons. The second-order valence-electron chi connectivity index (χ2n) is 8.64. The Morgan fingerprint density at radius 1 is 0.812 bits per heavy atom. The summed E-state index contributed by atoms with van der Waals surface area (Å²) in [6.45, 7) is 4.70. The largest absolute Gasteiger partial charge is 0.382 e. The smallest absolute Gasteiger partial charge is 0.201 e. The fourth-order valence-corrected chi connectivity index (χ4v) is 4.48. The molecule has 0 aromatic heterocycles. The highest BCUT2D eigenvalue weighted by Crippen LogP contribution is 2.38. The SMILES string of the molecule is C=C(c1ccc(-c2ccccc2)cc1)C1COC2(CCC(Nc3ccccc3)CC2)OO1. The molecule has 4 heteroatoms. The molecule has 0 bridgehead atoms. The van der Waals surface area contributed by atoms with Gasteiger partial charge < -0.3 is 10.1 Å². The molecule has 1 aliphatic heterocycles. The van der Waals surface area contributed by atoms with E-state index < -0.39 is 5.79 Å². The Labute approximate surface area is 189 Å². The van der Waals surface area contributed by atoms with E-state index in [-0.39, 0.29) is 6.10 Å². The molecule has 4 nitrogen and oxygen atoms in total. The maximum Gasteiger partial charge on any atom is 0.201 e. The molecule has 1 spiro atoms. The van der Waals surface area contributed by atoms with Crippen LogP contribution in [0.3, 0.4) is 0 Å². The van der Waals surface area contributed by atoms with Gasteiger partial charge in [0, 0.05) is 24.6 Å². The molecule has 3 aromatic rings. The number of rotatable bonds is 5. The van der Waals surface area contributed by atoms with Crippen molar-refractivity contribution in [2.75, 3.05) is 11.9 Å². The molecular weight excluding hydrogens is 398 g/mol. The van der Waals surface area contributed by atoms with Crippen molar-refractivity contribution >= 4 is 11.3 Å². The summed E-state index contributed by atoms with van der Waals surface area (Å²) in [5.41, 5.74) is 5.45. The molecule has 1 saturated heterocycles. The van der Waals surface area contributed by atoms with Gasteiger partial charge in [0.2, 0.25) is 5.79 Å². The monoisotopic (exact) mass is 427 g/mol. The third-order valence-corrected chi connectivity index (χ3v) is 6.46. The summed E-state index contributed by atoms with van der Waals surface area (Å²) >= 11 is 0. The van der Waals surface area contributed by atoms with Crippen LogP contribution in [0.15, 0.2) is 91.5 Å². The third-order valence-electron chi connectivity index (χ3n) is 6.46. The lowest BCUT2D eigenvalue weighted by Crippen LogP contribution is -2.49. The summed E-state index contributed by atoms with van der Waals surface area (Å²) in [4.78, 5) is 11.7. The Kier molecular flexibility index (Phi) is 6.08. The lowest BCUT2D eigenvalue weighted by atomic mass is 9.89. The van der Waals surface area contributed by atoms with Crippen LogP contribution in [-0.4, -0.2) is 24.5 Å². The van der Waals surface area contributed by atoms with Crippen molar-refractivity contribution in [3.63, 3.8) is 0 Å². The molecule has 3 aromatic carbocycles. The van der Waals surface area contributed by atoms with Crippen LogP contribution < -0.4 is 5.32 Å². The van der Waals surface area contributed by atoms with E-state index in [2.05, 4.69) is 72.6 Å². The van der Waals surface area contributed by atoms with Crippen LogP contribution in [0.4, 0.5) is 5.69 Å². The minimum Gasteiger partial charge on any atom is -0.382 e. The van der Waals surface area contributed by atoms with E-state index in [0.717, 1.165) is 42.5 Å². The fourth-order valence-electron chi connectivity index (χ4n) is 4.48. The standard InChI is InChI=1S/C28H29NO3/c1-21(22-12-14-24(15-13-22)23-8-4-2-5-9-23)27-20-30-28(32-31-27)18-16-26(17-19-28)29-25-10-6-3-7-11-25/h2-15,26-27,29H,1,16-20H2. The number of ether oxygens (including phenoxy) is 1. The van der Waals surface area contributed by atoms with Gasteiger partial charge in [0.1, 0.15) is 6.10 Å². The first-order valence-electron chi connectivity index (χ1n) is 11.4. The van der Waals surface area contributed by atoms with Gasteiger partial charge in [-0.2, -0.15) is 0 Å². The second kappa shape index (κ2) is 9.29. The summed E-state index contributed by atoms with van der Waals surface area (Å²) in [6, 6.07) is 29.5. The van der Waals surface area contributed by atoms with E-state index >= 15 is 0 Å². The maximum absolute atomic E-state index is 6.22. The van der Waals surface area contributed by atoms with Crippen LogP contribution in [-0.2, 0) is 14.5 Å². The molecule has 1 unspecified atom stereocenters. The molecule has 2 aliphatic rings. The average molecular weight is 428 g/mol. The van der Waals surface area contributed by atoms with Gasteiger partial charge >= 0.3 is 0 Å². The molecule has 0 radical (unpaired) electrons. The minimum atomic E-state index is -0.636. The number of hydrogen-bond acceptors (Lipinski definition) is 4. The zero-order valence-corrected chi connectivity index (χ0v) is 18.2. The average Bonchev–Trinajstić information content (AvgIpc) is 2.87. The van der Waals surface area contributed by atoms with Gasteiger partial charge in [-0.15, -0.1) is 0 Å². The Balaban J connectivity index is 1.14. The van der Waals surface area contributed by atoms with Crippen molar-refractivity contribution < 1.29 is 14.5 Å². The molecule has 5 rings (SSSR count). The molecule has 2 fully saturated rings. The van der Waals surface area contributed by atoms with Crippen molar-refractivity contribution in [3.05, 3.63) is 97.1 Å². The fraction of sp³-hybridized carbons (Fsp3) is 0.286. The number of hydrogen-bond donors (Lipinski definition) is 1. The lowest BCUT2D eigenvalue weighted by Gasteiger charge is -2.43. The molecular formula is C28H29NO3. The Bertz CT molecular complexity index is 1020. The van der Waals surface area contributed by atoms with E-state index in [1.165, 1.54) is 11.1 Å². The summed E-state index contributed by atoms with van der Waals surface area (Å²) in [5, 5.41) is 3.60. The summed E-state index contributed by atoms with van der Waals surface area (Å²) < 4.78 is 6.22. The van der Waals surface area contributed by atoms with Gasteiger partial charge in [-0.25, -0.2) is 9.78 Å². The number of nitrogens with one attached hydrogen (secondary N) is 1. The molecule has 1 N–H and O–H groups in total. The highest BCUT2D eigenvalue weighted by Gasteiger charge is 2.43. The van der Waals surface area contributed by atoms with Gasteiger partial charge in [-0.3, -0.25) is 0 Å². The van der Waals surface area contributed by atoms with E-state index in [1.807, 2.05) is 24.3 Å². The predicted molar refractivity (Wildman–Crippen MR) is 128 cm³/mol. The number of para-hydroxylation sites is 1. The van der Waals surface area contributed by atoms with Gasteiger partial charge in [0.05, 0.1) is 6.61 Å². The highest BCUT2D eigenvalue weighted by atomic mass is 17.2. The van der Waals surface area contributed by atoms with Crippen LogP contribution in [0.1, 0.15) is 31.2 Å². The Morgan fingerprint density at radius 2 is 1.44 bits per heavy atom. The van der Waals surface area contributed by atoms with Crippen LogP contribution in [0, 0.1) is 0 Å². The zero-order valence-electron chi connectivity index (χ0n) is 18.2. The van der Waals surface area contributed by atoms with E-state index in [9.17, 15) is 0 Å². The Hall–Kier alpha value is -2.92. The van der Waals surface area contributed by atoms with Gasteiger partial charge in [0.15, 0.2) is 0 Å². The molecule has 1 saturated carbocycles. The molecule has 1 atom stereocenters. The lowest BCUT2D eigenvalue weighted by molar-refractivity contribution is -0.483. The molecule has 32 heavy (non-hydrogen) atoms. The second-order valence-corrected chi connectivity index (χ2v) is 8.64. The number of benzene rings is 3. The summed E-state index contributed by atoms with van der Waals surface area (Å²) in [7, 11) is 0. The first-order chi connectivity index (χ1) is 15.7. The third kappa shape index (κ3) is 4.63. The van der Waals surface area contributed by atoms with Crippen LogP contribution >= 0.6 is 0 Å². The van der Waals surface area contributed by atoms with Crippen molar-refractivity contribution in [2.24, 2.45) is 0 Å². The quantitative estimate of drug-likeness (QED) is 0.474. The maximum atomic E-state index is 6.22. The minimum absolute atomic E-state index is 0.302. The van der Waals surface area contributed by atoms with Crippen molar-refractivity contribution in [3.8, 4) is 11.1 Å². The molecule has 1 heterocycles. The van der Waals surface area contributed by atoms with E-state index in [1.54, 1.807) is 0 Å². The van der Waals surface area contributed by atoms with E-state index in [0.29, 0.717) is 12.6 Å². The summed E-state index contributed by atoms with van der Waals surface area (Å²) in [5.74, 6) is -0.636. The van der Waals surface area contributed by atoms with Crippen molar-refractivity contribution in [1.82, 2.24) is 0 Å². The predicted octanol–water partition coefficient (Wildman–Crippen LogP) is 6.46. The van der Waals surface area contributed by atoms with E-state index in [4.69, 9.17) is 14.5 Å². The first-order valence-corrected chi connectivity index (χ1v) is 11.4. The first kappa shape index (κ1) is 21.0. The normalized spacial score (nSPS) is 25.4. The van der Waals surface area contributed by atoms with Crippen molar-refractivity contribution in [2.45, 2.75) is 43.6 Å². The highest BCUT2D eigenvalue weighted by molar-refractivity contribution is 5.71. The van der Waals surface area contributed by atoms with Gasteiger partial charge in [-0.05, 0) is 47.2 Å². The number of anilines is 1. The molecule has 1 aliphatic carbocycles. The van der Waals surface area contributed by atoms with Crippen molar-refractivity contribution in [1.29, 1.82) is 0 Å². The van der Waals surface area contributed by atoms with Gasteiger partial charge in [-0.1, -0.05) is 79.4 Å². The Morgan fingerprint density at radius 3 is 2.06 bits per heavy atom. The zero-order chi connectivity index (χ0) is 21.8. The molecule has 0 amide bonds.